The van der Waals surface area contributed by atoms with Crippen molar-refractivity contribution in [3.63, 3.8) is 0 Å². The number of hydrogen-bond donors (Lipinski definition) is 1. The second kappa shape index (κ2) is 8.51. The molecule has 2 amide bonds. The Bertz CT molecular complexity index is 503. The largest absolute Gasteiger partial charge is 0.468 e. The van der Waals surface area contributed by atoms with Crippen LogP contribution in [0.2, 0.25) is 10.0 Å². The highest BCUT2D eigenvalue weighted by Gasteiger charge is 2.12. The molecule has 0 spiro atoms. The van der Waals surface area contributed by atoms with Crippen LogP contribution in [0.15, 0.2) is 18.2 Å². The van der Waals surface area contributed by atoms with Crippen molar-refractivity contribution in [3.05, 3.63) is 28.2 Å². The van der Waals surface area contributed by atoms with Gasteiger partial charge in [-0.15, -0.1) is 0 Å². The van der Waals surface area contributed by atoms with Gasteiger partial charge in [0.05, 0.1) is 17.2 Å². The number of anilines is 1. The van der Waals surface area contributed by atoms with Crippen LogP contribution in [-0.2, 0) is 9.53 Å². The van der Waals surface area contributed by atoms with Crippen LogP contribution in [0.4, 0.5) is 10.5 Å². The van der Waals surface area contributed by atoms with Crippen molar-refractivity contribution in [2.24, 2.45) is 0 Å². The summed E-state index contributed by atoms with van der Waals surface area (Å²) in [5.41, 5.74) is 0.537. The molecule has 0 radical (unpaired) electrons. The van der Waals surface area contributed by atoms with Gasteiger partial charge in [0.1, 0.15) is 5.75 Å². The first kappa shape index (κ1) is 17.3. The Hall–Kier alpha value is -0.760. The molecular weight excluding hydrogens is 343 g/mol. The maximum Gasteiger partial charge on any atom is 0.332 e. The number of rotatable bonds is 5. The van der Waals surface area contributed by atoms with Gasteiger partial charge in [-0.25, -0.2) is 4.79 Å². The summed E-state index contributed by atoms with van der Waals surface area (Å²) in [6.45, 7) is 0. The van der Waals surface area contributed by atoms with E-state index >= 15 is 0 Å². The molecule has 1 N–H and O–H groups in total. The van der Waals surface area contributed by atoms with Gasteiger partial charge in [-0.2, -0.15) is 0 Å². The van der Waals surface area contributed by atoms with Crippen molar-refractivity contribution in [1.29, 1.82) is 0 Å². The molecule has 0 aliphatic carbocycles. The zero-order valence-electron chi connectivity index (χ0n) is 10.7. The average Bonchev–Trinajstić information content (AvgIpc) is 2.42. The molecule has 0 aliphatic rings. The Morgan fingerprint density at radius 3 is 2.65 bits per heavy atom. The summed E-state index contributed by atoms with van der Waals surface area (Å²) in [7, 11) is 5.23. The number of ether oxygens (including phenoxy) is 1. The number of carbonyl (C=O) groups is 2. The van der Waals surface area contributed by atoms with Crippen molar-refractivity contribution < 1.29 is 14.3 Å². The molecule has 9 heteroatoms. The SMILES string of the molecule is COC(=O)CSSN(C)C(=O)Nc1ccc(Cl)c(Cl)c1. The topological polar surface area (TPSA) is 58.6 Å². The van der Waals surface area contributed by atoms with Gasteiger partial charge >= 0.3 is 12.0 Å². The molecule has 1 aromatic rings. The molecular formula is C11H12Cl2N2O3S2. The Morgan fingerprint density at radius 2 is 2.05 bits per heavy atom. The van der Waals surface area contributed by atoms with E-state index in [2.05, 4.69) is 10.1 Å². The predicted molar refractivity (Wildman–Crippen MR) is 85.3 cm³/mol. The van der Waals surface area contributed by atoms with Gasteiger partial charge in [0.25, 0.3) is 0 Å². The maximum atomic E-state index is 11.8. The number of urea groups is 1. The zero-order chi connectivity index (χ0) is 15.1. The standard InChI is InChI=1S/C11H12Cl2N2O3S2/c1-15(20-19-6-10(16)18-2)11(17)14-7-3-4-8(12)9(13)5-7/h3-5H,6H2,1-2H3,(H,14,17). The summed E-state index contributed by atoms with van der Waals surface area (Å²) in [5.74, 6) is -0.188. The van der Waals surface area contributed by atoms with Gasteiger partial charge < -0.3 is 10.1 Å². The van der Waals surface area contributed by atoms with Gasteiger partial charge in [0.2, 0.25) is 0 Å². The molecule has 0 unspecified atom stereocenters. The van der Waals surface area contributed by atoms with E-state index in [4.69, 9.17) is 23.2 Å². The maximum absolute atomic E-state index is 11.8. The van der Waals surface area contributed by atoms with E-state index in [1.54, 1.807) is 25.2 Å². The summed E-state index contributed by atoms with van der Waals surface area (Å²) in [6.07, 6.45) is 0. The van der Waals surface area contributed by atoms with Crippen LogP contribution in [0.5, 0.6) is 0 Å². The summed E-state index contributed by atoms with van der Waals surface area (Å²) < 4.78 is 5.85. The lowest BCUT2D eigenvalue weighted by Crippen LogP contribution is -2.25. The number of carbonyl (C=O) groups excluding carboxylic acids is 2. The molecule has 1 rings (SSSR count). The second-order valence-corrected chi connectivity index (χ2v) is 6.66. The van der Waals surface area contributed by atoms with Crippen molar-refractivity contribution >= 4 is 62.7 Å². The van der Waals surface area contributed by atoms with Crippen LogP contribution in [0.3, 0.4) is 0 Å². The third-order valence-electron chi connectivity index (χ3n) is 2.03. The number of amides is 2. The summed E-state index contributed by atoms with van der Waals surface area (Å²) in [5, 5.41) is 3.43. The van der Waals surface area contributed by atoms with Crippen LogP contribution in [-0.4, -0.2) is 36.2 Å². The van der Waals surface area contributed by atoms with Gasteiger partial charge in [-0.3, -0.25) is 9.10 Å². The van der Waals surface area contributed by atoms with E-state index in [0.717, 1.165) is 11.0 Å². The molecule has 0 bridgehead atoms. The number of nitrogens with one attached hydrogen (secondary N) is 1. The number of hydrogen-bond acceptors (Lipinski definition) is 5. The summed E-state index contributed by atoms with van der Waals surface area (Å²) >= 11 is 11.6. The molecule has 20 heavy (non-hydrogen) atoms. The quantitative estimate of drug-likeness (QED) is 0.493. The summed E-state index contributed by atoms with van der Waals surface area (Å²) in [6, 6.07) is 4.46. The van der Waals surface area contributed by atoms with Crippen molar-refractivity contribution in [1.82, 2.24) is 4.31 Å². The fraction of sp³-hybridized carbons (Fsp3) is 0.273. The normalized spacial score (nSPS) is 10.0. The lowest BCUT2D eigenvalue weighted by molar-refractivity contribution is -0.137. The molecule has 110 valence electrons. The number of halogens is 2. The van der Waals surface area contributed by atoms with Crippen molar-refractivity contribution in [2.45, 2.75) is 0 Å². The fourth-order valence-corrected chi connectivity index (χ4v) is 2.98. The van der Waals surface area contributed by atoms with E-state index in [0.29, 0.717) is 15.7 Å². The van der Waals surface area contributed by atoms with Gasteiger partial charge in [0.15, 0.2) is 0 Å². The molecule has 0 heterocycles. The predicted octanol–water partition coefficient (Wildman–Crippen LogP) is 3.93. The highest BCUT2D eigenvalue weighted by atomic mass is 35.5. The lowest BCUT2D eigenvalue weighted by atomic mass is 10.3. The van der Waals surface area contributed by atoms with Crippen LogP contribution in [0, 0.1) is 0 Å². The molecule has 0 saturated carbocycles. The van der Waals surface area contributed by atoms with Crippen LogP contribution >= 0.6 is 45.0 Å². The number of nitrogens with zero attached hydrogens (tertiary/aromatic N) is 1. The Kier molecular flexibility index (Phi) is 7.36. The minimum absolute atomic E-state index is 0.158. The molecule has 5 nitrogen and oxygen atoms in total. The highest BCUT2D eigenvalue weighted by molar-refractivity contribution is 8.76. The Labute approximate surface area is 134 Å². The van der Waals surface area contributed by atoms with Crippen molar-refractivity contribution in [2.75, 3.05) is 25.2 Å². The third kappa shape index (κ3) is 5.70. The number of benzene rings is 1. The van der Waals surface area contributed by atoms with Gasteiger partial charge in [0, 0.05) is 23.7 Å². The number of esters is 1. The number of methoxy groups -OCH3 is 1. The monoisotopic (exact) mass is 354 g/mol. The minimum atomic E-state index is -0.346. The highest BCUT2D eigenvalue weighted by Crippen LogP contribution is 2.27. The summed E-state index contributed by atoms with van der Waals surface area (Å²) in [4.78, 5) is 22.8. The smallest absolute Gasteiger partial charge is 0.332 e. The molecule has 0 aliphatic heterocycles. The second-order valence-electron chi connectivity index (χ2n) is 3.47. The average molecular weight is 355 g/mol. The molecule has 0 aromatic heterocycles. The minimum Gasteiger partial charge on any atom is -0.468 e. The first-order valence-electron chi connectivity index (χ1n) is 5.30. The third-order valence-corrected chi connectivity index (χ3v) is 4.95. The Balaban J connectivity index is 2.45. The van der Waals surface area contributed by atoms with E-state index in [1.807, 2.05) is 0 Å². The first-order chi connectivity index (χ1) is 9.43. The van der Waals surface area contributed by atoms with E-state index in [1.165, 1.54) is 22.2 Å². The van der Waals surface area contributed by atoms with Crippen LogP contribution in [0.1, 0.15) is 0 Å². The van der Waals surface area contributed by atoms with E-state index in [-0.39, 0.29) is 17.8 Å². The van der Waals surface area contributed by atoms with E-state index in [9.17, 15) is 9.59 Å². The molecule has 1 aromatic carbocycles. The Morgan fingerprint density at radius 1 is 1.35 bits per heavy atom. The molecule has 0 fully saturated rings. The molecule has 0 atom stereocenters. The first-order valence-corrected chi connectivity index (χ1v) is 8.33. The molecule has 0 saturated heterocycles. The van der Waals surface area contributed by atoms with Crippen LogP contribution < -0.4 is 5.32 Å². The van der Waals surface area contributed by atoms with Crippen LogP contribution in [0.25, 0.3) is 0 Å². The van der Waals surface area contributed by atoms with Gasteiger partial charge in [-0.05, 0) is 18.2 Å². The lowest BCUT2D eigenvalue weighted by Gasteiger charge is -2.15. The van der Waals surface area contributed by atoms with Crippen molar-refractivity contribution in [3.8, 4) is 0 Å². The van der Waals surface area contributed by atoms with E-state index < -0.39 is 0 Å². The fourth-order valence-electron chi connectivity index (χ4n) is 1.02. The zero-order valence-corrected chi connectivity index (χ0v) is 13.8. The van der Waals surface area contributed by atoms with Gasteiger partial charge in [-0.1, -0.05) is 34.0 Å².